The van der Waals surface area contributed by atoms with Crippen LogP contribution in [-0.2, 0) is 24.3 Å². The first-order chi connectivity index (χ1) is 15.7. The molecule has 2 aromatic rings. The number of nitro benzene ring substituents is 1. The van der Waals surface area contributed by atoms with E-state index in [9.17, 15) is 28.1 Å². The molecular weight excluding hydrogens is 456 g/mol. The highest BCUT2D eigenvalue weighted by Gasteiger charge is 2.33. The quantitative estimate of drug-likeness (QED) is 0.464. The third-order valence-electron chi connectivity index (χ3n) is 5.17. The van der Waals surface area contributed by atoms with E-state index in [1.165, 1.54) is 23.1 Å². The lowest BCUT2D eigenvalue weighted by molar-refractivity contribution is -0.385. The minimum Gasteiger partial charge on any atom is -0.443 e. The normalized spacial score (nSPS) is 19.0. The number of nitro groups is 1. The maximum atomic E-state index is 12.5. The molecule has 33 heavy (non-hydrogen) atoms. The molecule has 0 unspecified atom stereocenters. The number of nitrogens with one attached hydrogen (secondary N) is 1. The molecule has 2 heterocycles. The lowest BCUT2D eigenvalue weighted by Crippen LogP contribution is -2.41. The Morgan fingerprint density at radius 3 is 2.45 bits per heavy atom. The monoisotopic (exact) mass is 476 g/mol. The van der Waals surface area contributed by atoms with Gasteiger partial charge in [0.1, 0.15) is 12.7 Å². The zero-order chi connectivity index (χ0) is 23.6. The van der Waals surface area contributed by atoms with Gasteiger partial charge in [-0.15, -0.1) is 0 Å². The topological polar surface area (TPSA) is 148 Å². The number of amides is 2. The molecule has 0 saturated carbocycles. The van der Waals surface area contributed by atoms with Crippen molar-refractivity contribution in [3.63, 3.8) is 0 Å². The third kappa shape index (κ3) is 4.94. The number of sulfonamides is 1. The van der Waals surface area contributed by atoms with E-state index in [0.717, 1.165) is 6.07 Å². The number of hydrogen-bond donors (Lipinski definition) is 1. The number of hydrogen-bond acceptors (Lipinski definition) is 8. The summed E-state index contributed by atoms with van der Waals surface area (Å²) in [5, 5.41) is 10.9. The lowest BCUT2D eigenvalue weighted by atomic mass is 10.2. The maximum absolute atomic E-state index is 12.5. The van der Waals surface area contributed by atoms with E-state index in [1.807, 2.05) is 0 Å². The molecular formula is C20H20N4O8S. The lowest BCUT2D eigenvalue weighted by Gasteiger charge is -2.27. The first-order valence-corrected chi connectivity index (χ1v) is 11.4. The van der Waals surface area contributed by atoms with Crippen molar-refractivity contribution in [1.82, 2.24) is 4.72 Å². The Morgan fingerprint density at radius 2 is 1.79 bits per heavy atom. The van der Waals surface area contributed by atoms with Gasteiger partial charge in [-0.1, -0.05) is 6.07 Å². The number of nitrogens with zero attached hydrogens (tertiary/aromatic N) is 3. The van der Waals surface area contributed by atoms with Crippen molar-refractivity contribution in [1.29, 1.82) is 0 Å². The van der Waals surface area contributed by atoms with Gasteiger partial charge >= 0.3 is 6.09 Å². The number of carbonyl (C=O) groups is 2. The van der Waals surface area contributed by atoms with Crippen molar-refractivity contribution in [3.8, 4) is 0 Å². The first-order valence-electron chi connectivity index (χ1n) is 9.95. The van der Waals surface area contributed by atoms with Crippen LogP contribution in [0.5, 0.6) is 0 Å². The number of anilines is 2. The second-order valence-corrected chi connectivity index (χ2v) is 9.10. The summed E-state index contributed by atoms with van der Waals surface area (Å²) < 4.78 is 37.7. The molecule has 0 bridgehead atoms. The fourth-order valence-corrected chi connectivity index (χ4v) is 4.60. The van der Waals surface area contributed by atoms with E-state index in [0.29, 0.717) is 24.5 Å². The minimum absolute atomic E-state index is 0.0219. The average molecular weight is 476 g/mol. The van der Waals surface area contributed by atoms with Crippen molar-refractivity contribution in [3.05, 3.63) is 58.6 Å². The van der Waals surface area contributed by atoms with Crippen molar-refractivity contribution < 1.29 is 32.4 Å². The minimum atomic E-state index is -4.04. The van der Waals surface area contributed by atoms with Crippen LogP contribution in [0.3, 0.4) is 0 Å². The number of morpholine rings is 1. The van der Waals surface area contributed by atoms with Crippen LogP contribution in [-0.4, -0.2) is 64.3 Å². The Labute approximate surface area is 188 Å². The molecule has 12 nitrogen and oxygen atoms in total. The number of rotatable bonds is 7. The van der Waals surface area contributed by atoms with E-state index >= 15 is 0 Å². The maximum Gasteiger partial charge on any atom is 0.414 e. The second kappa shape index (κ2) is 9.13. The van der Waals surface area contributed by atoms with Gasteiger partial charge in [0.2, 0.25) is 10.0 Å². The average Bonchev–Trinajstić information content (AvgIpc) is 3.19. The molecule has 2 amide bonds. The number of carbonyl (C=O) groups excluding carboxylic acids is 2. The molecule has 0 radical (unpaired) electrons. The molecule has 1 atom stereocenters. The second-order valence-electron chi connectivity index (χ2n) is 7.34. The Hall–Kier alpha value is -3.55. The zero-order valence-corrected chi connectivity index (χ0v) is 18.1. The van der Waals surface area contributed by atoms with Gasteiger partial charge in [-0.2, -0.15) is 0 Å². The number of ether oxygens (including phenoxy) is 2. The molecule has 0 aliphatic carbocycles. The Balaban J connectivity index is 1.39. The van der Waals surface area contributed by atoms with Crippen molar-refractivity contribution in [2.24, 2.45) is 0 Å². The summed E-state index contributed by atoms with van der Waals surface area (Å²) in [7, 11) is -4.04. The van der Waals surface area contributed by atoms with Crippen LogP contribution in [0.15, 0.2) is 53.4 Å². The van der Waals surface area contributed by atoms with E-state index in [2.05, 4.69) is 4.72 Å². The van der Waals surface area contributed by atoms with E-state index in [1.54, 1.807) is 29.2 Å². The summed E-state index contributed by atoms with van der Waals surface area (Å²) in [6.07, 6.45) is -1.39. The fraction of sp³-hybridized carbons (Fsp3) is 0.300. The van der Waals surface area contributed by atoms with Crippen LogP contribution in [0.25, 0.3) is 0 Å². The molecule has 2 aliphatic heterocycles. The molecule has 2 fully saturated rings. The number of benzene rings is 2. The highest BCUT2D eigenvalue weighted by atomic mass is 32.2. The van der Waals surface area contributed by atoms with Crippen LogP contribution in [0, 0.1) is 10.1 Å². The van der Waals surface area contributed by atoms with Gasteiger partial charge in [-0.25, -0.2) is 17.9 Å². The molecule has 0 aromatic heterocycles. The van der Waals surface area contributed by atoms with Crippen LogP contribution >= 0.6 is 0 Å². The summed E-state index contributed by atoms with van der Waals surface area (Å²) in [6, 6.07) is 11.4. The van der Waals surface area contributed by atoms with Gasteiger partial charge < -0.3 is 14.4 Å². The van der Waals surface area contributed by atoms with Crippen LogP contribution in [0.1, 0.15) is 0 Å². The third-order valence-corrected chi connectivity index (χ3v) is 6.59. The molecule has 174 valence electrons. The van der Waals surface area contributed by atoms with Crippen molar-refractivity contribution in [2.45, 2.75) is 11.0 Å². The van der Waals surface area contributed by atoms with Crippen molar-refractivity contribution in [2.75, 3.05) is 42.6 Å². The summed E-state index contributed by atoms with van der Waals surface area (Å²) in [4.78, 5) is 37.2. The van der Waals surface area contributed by atoms with Gasteiger partial charge in [-0.05, 0) is 30.3 Å². The smallest absolute Gasteiger partial charge is 0.414 e. The highest BCUT2D eigenvalue weighted by molar-refractivity contribution is 7.89. The molecule has 0 spiro atoms. The van der Waals surface area contributed by atoms with Gasteiger partial charge in [0.15, 0.2) is 0 Å². The SMILES string of the molecule is O=C1COCCN1c1ccc(N2C[C@H](CNS(=O)(=O)c3cccc([N+](=O)[O-])c3)OC2=O)cc1. The van der Waals surface area contributed by atoms with Gasteiger partial charge in [0, 0.05) is 36.6 Å². The molecule has 4 rings (SSSR count). The summed E-state index contributed by atoms with van der Waals surface area (Å²) >= 11 is 0. The Morgan fingerprint density at radius 1 is 1.09 bits per heavy atom. The first kappa shape index (κ1) is 22.6. The molecule has 1 N–H and O–H groups in total. The zero-order valence-electron chi connectivity index (χ0n) is 17.2. The molecule has 2 aromatic carbocycles. The van der Waals surface area contributed by atoms with Crippen LogP contribution < -0.4 is 14.5 Å². The van der Waals surface area contributed by atoms with E-state index < -0.39 is 27.1 Å². The van der Waals surface area contributed by atoms with Gasteiger partial charge in [0.25, 0.3) is 11.6 Å². The standard InChI is InChI=1S/C20H20N4O8S/c25-19-13-31-9-8-22(19)14-4-6-15(7-5-14)23-12-17(32-20(23)26)11-21-33(29,30)18-3-1-2-16(10-18)24(27)28/h1-7,10,17,21H,8-9,11-13H2/t17-/m0/s1. The molecule has 2 saturated heterocycles. The number of non-ortho nitro benzene ring substituents is 1. The van der Waals surface area contributed by atoms with Crippen molar-refractivity contribution >= 4 is 39.1 Å². The fourth-order valence-electron chi connectivity index (χ4n) is 3.49. The predicted molar refractivity (Wildman–Crippen MR) is 116 cm³/mol. The largest absolute Gasteiger partial charge is 0.443 e. The number of cyclic esters (lactones) is 1. The van der Waals surface area contributed by atoms with Crippen LogP contribution in [0.4, 0.5) is 21.9 Å². The van der Waals surface area contributed by atoms with Gasteiger partial charge in [-0.3, -0.25) is 19.8 Å². The highest BCUT2D eigenvalue weighted by Crippen LogP contribution is 2.26. The predicted octanol–water partition coefficient (Wildman–Crippen LogP) is 1.26. The van der Waals surface area contributed by atoms with Gasteiger partial charge in [0.05, 0.1) is 23.0 Å². The Kier molecular flexibility index (Phi) is 6.26. The van der Waals surface area contributed by atoms with Crippen LogP contribution in [0.2, 0.25) is 0 Å². The summed E-state index contributed by atoms with van der Waals surface area (Å²) in [5.41, 5.74) is 0.868. The molecule has 13 heteroatoms. The summed E-state index contributed by atoms with van der Waals surface area (Å²) in [5.74, 6) is -0.148. The van der Waals surface area contributed by atoms with E-state index in [-0.39, 0.29) is 36.2 Å². The van der Waals surface area contributed by atoms with E-state index in [4.69, 9.17) is 9.47 Å². The molecule has 2 aliphatic rings. The summed E-state index contributed by atoms with van der Waals surface area (Å²) in [6.45, 7) is 0.810. The Bertz CT molecular complexity index is 1180.